The summed E-state index contributed by atoms with van der Waals surface area (Å²) >= 11 is 0. The molecule has 0 saturated heterocycles. The second-order valence-electron chi connectivity index (χ2n) is 6.98. The molecule has 4 rings (SSSR count). The van der Waals surface area contributed by atoms with Crippen molar-refractivity contribution in [2.75, 3.05) is 11.9 Å². The van der Waals surface area contributed by atoms with Crippen molar-refractivity contribution in [2.45, 2.75) is 19.8 Å². The summed E-state index contributed by atoms with van der Waals surface area (Å²) in [5.74, 6) is -1.55. The molecule has 0 aromatic heterocycles. The number of carbonyl (C=O) groups is 2. The second kappa shape index (κ2) is 5.36. The molecule has 0 unspecified atom stereocenters. The molecule has 126 valence electrons. The van der Waals surface area contributed by atoms with Gasteiger partial charge in [-0.25, -0.2) is 0 Å². The number of carboxylic acid groups (broad SMARTS) is 1. The van der Waals surface area contributed by atoms with Crippen LogP contribution in [0.1, 0.15) is 19.8 Å². The van der Waals surface area contributed by atoms with Gasteiger partial charge in [0.1, 0.15) is 5.75 Å². The van der Waals surface area contributed by atoms with Crippen LogP contribution in [0.15, 0.2) is 36.4 Å². The molecule has 2 fully saturated rings. The van der Waals surface area contributed by atoms with Gasteiger partial charge in [-0.1, -0.05) is 24.3 Å². The fourth-order valence-electron chi connectivity index (χ4n) is 4.76. The third-order valence-corrected chi connectivity index (χ3v) is 5.87. The van der Waals surface area contributed by atoms with E-state index >= 15 is 0 Å². The van der Waals surface area contributed by atoms with E-state index in [-0.39, 0.29) is 23.2 Å². The molecule has 1 amide bonds. The van der Waals surface area contributed by atoms with Crippen LogP contribution in [0.2, 0.25) is 0 Å². The van der Waals surface area contributed by atoms with Crippen LogP contribution in [-0.2, 0) is 9.59 Å². The van der Waals surface area contributed by atoms with Crippen LogP contribution in [0, 0.1) is 29.1 Å². The highest BCUT2D eigenvalue weighted by atomic mass is 16.5. The van der Waals surface area contributed by atoms with Crippen LogP contribution in [0.4, 0.5) is 5.69 Å². The molecular formula is C19H21NO4. The number of carbonyl (C=O) groups excluding carboxylic acids is 1. The van der Waals surface area contributed by atoms with Crippen molar-refractivity contribution in [1.82, 2.24) is 0 Å². The van der Waals surface area contributed by atoms with Crippen LogP contribution in [0.5, 0.6) is 5.75 Å². The first-order valence-electron chi connectivity index (χ1n) is 8.52. The summed E-state index contributed by atoms with van der Waals surface area (Å²) in [4.78, 5) is 24.7. The molecule has 2 bridgehead atoms. The van der Waals surface area contributed by atoms with Crippen LogP contribution in [0.3, 0.4) is 0 Å². The molecule has 1 aromatic carbocycles. The van der Waals surface area contributed by atoms with E-state index in [2.05, 4.69) is 11.4 Å². The monoisotopic (exact) mass is 327 g/mol. The van der Waals surface area contributed by atoms with Crippen molar-refractivity contribution in [2.24, 2.45) is 29.1 Å². The lowest BCUT2D eigenvalue weighted by Crippen LogP contribution is -2.36. The Morgan fingerprint density at radius 1 is 1.21 bits per heavy atom. The maximum Gasteiger partial charge on any atom is 0.307 e. The van der Waals surface area contributed by atoms with Crippen molar-refractivity contribution in [3.05, 3.63) is 36.4 Å². The molecule has 2 saturated carbocycles. The minimum atomic E-state index is -0.864. The van der Waals surface area contributed by atoms with Crippen molar-refractivity contribution in [3.63, 3.8) is 0 Å². The number of benzene rings is 1. The molecular weight excluding hydrogens is 306 g/mol. The Kier molecular flexibility index (Phi) is 3.41. The minimum absolute atomic E-state index is 0.00196. The van der Waals surface area contributed by atoms with Gasteiger partial charge >= 0.3 is 5.97 Å². The first-order chi connectivity index (χ1) is 11.6. The highest BCUT2D eigenvalue weighted by Gasteiger charge is 2.70. The molecule has 0 radical (unpaired) electrons. The molecule has 3 aliphatic carbocycles. The number of ether oxygens (including phenoxy) is 1. The molecule has 0 aliphatic heterocycles. The van der Waals surface area contributed by atoms with E-state index in [1.165, 1.54) is 0 Å². The molecule has 0 heterocycles. The predicted molar refractivity (Wildman–Crippen MR) is 88.6 cm³/mol. The van der Waals surface area contributed by atoms with Crippen molar-refractivity contribution < 1.29 is 19.4 Å². The number of aliphatic carboxylic acids is 1. The van der Waals surface area contributed by atoms with Crippen LogP contribution < -0.4 is 10.1 Å². The van der Waals surface area contributed by atoms with Gasteiger partial charge in [0.25, 0.3) is 0 Å². The fourth-order valence-corrected chi connectivity index (χ4v) is 4.76. The van der Waals surface area contributed by atoms with Crippen molar-refractivity contribution >= 4 is 17.6 Å². The Morgan fingerprint density at radius 3 is 2.50 bits per heavy atom. The molecule has 5 heteroatoms. The average Bonchev–Trinajstić information content (AvgIpc) is 3.22. The number of nitrogens with one attached hydrogen (secondary N) is 1. The molecule has 5 nitrogen and oxygen atoms in total. The summed E-state index contributed by atoms with van der Waals surface area (Å²) in [5, 5.41) is 12.6. The molecule has 1 aromatic rings. The van der Waals surface area contributed by atoms with E-state index in [1.807, 2.05) is 25.1 Å². The van der Waals surface area contributed by atoms with Crippen molar-refractivity contribution in [1.29, 1.82) is 0 Å². The van der Waals surface area contributed by atoms with Gasteiger partial charge in [0.05, 0.1) is 24.1 Å². The highest BCUT2D eigenvalue weighted by Crippen LogP contribution is 2.72. The Bertz CT molecular complexity index is 722. The van der Waals surface area contributed by atoms with Crippen LogP contribution >= 0.6 is 0 Å². The predicted octanol–water partition coefficient (Wildman–Crippen LogP) is 2.94. The van der Waals surface area contributed by atoms with E-state index in [4.69, 9.17) is 4.74 Å². The molecule has 24 heavy (non-hydrogen) atoms. The Hall–Kier alpha value is -2.30. The molecule has 2 N–H and O–H groups in total. The summed E-state index contributed by atoms with van der Waals surface area (Å²) in [6.07, 6.45) is 6.14. The normalized spacial score (nSPS) is 31.2. The maximum absolute atomic E-state index is 12.9. The number of rotatable bonds is 5. The van der Waals surface area contributed by atoms with Gasteiger partial charge in [-0.2, -0.15) is 0 Å². The van der Waals surface area contributed by atoms with Crippen LogP contribution in [0.25, 0.3) is 0 Å². The summed E-state index contributed by atoms with van der Waals surface area (Å²) in [7, 11) is 0. The fraction of sp³-hybridized carbons (Fsp3) is 0.474. The second-order valence-corrected chi connectivity index (χ2v) is 6.98. The quantitative estimate of drug-likeness (QED) is 0.815. The van der Waals surface area contributed by atoms with Crippen LogP contribution in [-0.4, -0.2) is 23.6 Å². The Labute approximate surface area is 140 Å². The highest BCUT2D eigenvalue weighted by molar-refractivity contribution is 5.97. The van der Waals surface area contributed by atoms with Gasteiger partial charge in [-0.05, 0) is 49.1 Å². The summed E-state index contributed by atoms with van der Waals surface area (Å²) in [6.45, 7) is 2.39. The smallest absolute Gasteiger partial charge is 0.307 e. The largest absolute Gasteiger partial charge is 0.492 e. The maximum atomic E-state index is 12.9. The first kappa shape index (κ1) is 15.2. The molecule has 4 atom stereocenters. The number of hydrogen-bond acceptors (Lipinski definition) is 3. The van der Waals surface area contributed by atoms with Gasteiger partial charge in [0, 0.05) is 0 Å². The zero-order valence-corrected chi connectivity index (χ0v) is 13.6. The van der Waals surface area contributed by atoms with Gasteiger partial charge in [-0.15, -0.1) is 0 Å². The number of hydrogen-bond donors (Lipinski definition) is 2. The lowest BCUT2D eigenvalue weighted by Gasteiger charge is -2.24. The zero-order valence-electron chi connectivity index (χ0n) is 13.6. The molecule has 3 aliphatic rings. The summed E-state index contributed by atoms with van der Waals surface area (Å²) in [5.41, 5.74) is 0.634. The lowest BCUT2D eigenvalue weighted by molar-refractivity contribution is -0.146. The lowest BCUT2D eigenvalue weighted by atomic mass is 9.82. The standard InChI is InChI=1S/C19H21NO4/c1-2-24-14-6-4-3-5-13(14)20-17(21)15-11-7-8-12(16(15)18(22)23)19(11)9-10-19/h3-8,11-12,15-16H,2,9-10H2,1H3,(H,20,21)(H,22,23)/t11-,12+,15+,16+/m1/s1. The van der Waals surface area contributed by atoms with E-state index in [1.54, 1.807) is 12.1 Å². The van der Waals surface area contributed by atoms with E-state index < -0.39 is 17.8 Å². The van der Waals surface area contributed by atoms with Gasteiger partial charge in [0.15, 0.2) is 0 Å². The van der Waals surface area contributed by atoms with E-state index in [0.29, 0.717) is 18.0 Å². The summed E-state index contributed by atoms with van der Waals surface area (Å²) in [6, 6.07) is 7.27. The SMILES string of the molecule is CCOc1ccccc1NC(=O)[C@@H]1[C@@H](C(=O)O)[C@@H]2C=C[C@H]1C21CC1. The number of amides is 1. The van der Waals surface area contributed by atoms with Gasteiger partial charge in [0.2, 0.25) is 5.91 Å². The Morgan fingerprint density at radius 2 is 1.88 bits per heavy atom. The average molecular weight is 327 g/mol. The van der Waals surface area contributed by atoms with Gasteiger partial charge in [-0.3, -0.25) is 9.59 Å². The third kappa shape index (κ3) is 2.07. The first-order valence-corrected chi connectivity index (χ1v) is 8.52. The van der Waals surface area contributed by atoms with Crippen molar-refractivity contribution in [3.8, 4) is 5.75 Å². The number of allylic oxidation sites excluding steroid dienone is 2. The van der Waals surface area contributed by atoms with E-state index in [0.717, 1.165) is 12.8 Å². The van der Waals surface area contributed by atoms with Gasteiger partial charge < -0.3 is 15.2 Å². The Balaban J connectivity index is 1.61. The third-order valence-electron chi connectivity index (χ3n) is 5.87. The van der Waals surface area contributed by atoms with E-state index in [9.17, 15) is 14.7 Å². The minimum Gasteiger partial charge on any atom is -0.492 e. The summed E-state index contributed by atoms with van der Waals surface area (Å²) < 4.78 is 5.55. The zero-order chi connectivity index (χ0) is 16.9. The number of anilines is 1. The topological polar surface area (TPSA) is 75.6 Å². The number of para-hydroxylation sites is 2. The molecule has 1 spiro atoms. The number of carboxylic acids is 1.